The number of carbonyl (C=O) groups is 2. The molecule has 0 saturated heterocycles. The van der Waals surface area contributed by atoms with Gasteiger partial charge in [-0.25, -0.2) is 4.79 Å². The molecule has 0 radical (unpaired) electrons. The monoisotopic (exact) mass is 438 g/mol. The van der Waals surface area contributed by atoms with Crippen LogP contribution in [-0.4, -0.2) is 44.3 Å². The minimum atomic E-state index is -1.03. The summed E-state index contributed by atoms with van der Waals surface area (Å²) in [6.07, 6.45) is 4.69. The molecule has 0 aliphatic rings. The molecule has 0 aliphatic heterocycles. The van der Waals surface area contributed by atoms with Crippen molar-refractivity contribution in [2.45, 2.75) is 38.5 Å². The Bertz CT molecular complexity index is 982. The van der Waals surface area contributed by atoms with E-state index in [0.717, 1.165) is 23.5 Å². The van der Waals surface area contributed by atoms with Crippen LogP contribution in [0.5, 0.6) is 0 Å². The summed E-state index contributed by atoms with van der Waals surface area (Å²) in [5.74, 6) is -1.41. The Morgan fingerprint density at radius 3 is 2.56 bits per heavy atom. The number of hydrogen-bond acceptors (Lipinski definition) is 5. The van der Waals surface area contributed by atoms with E-state index in [-0.39, 0.29) is 5.91 Å². The van der Waals surface area contributed by atoms with Crippen molar-refractivity contribution in [3.05, 3.63) is 77.4 Å². The van der Waals surface area contributed by atoms with Crippen LogP contribution in [0.4, 0.5) is 0 Å². The zero-order valence-corrected chi connectivity index (χ0v) is 18.2. The summed E-state index contributed by atoms with van der Waals surface area (Å²) in [5.41, 5.74) is 3.62. The highest BCUT2D eigenvalue weighted by atomic mass is 16.4. The molecule has 1 unspecified atom stereocenters. The van der Waals surface area contributed by atoms with E-state index in [1.807, 2.05) is 48.1 Å². The fourth-order valence-corrected chi connectivity index (χ4v) is 3.33. The number of nitrogens with zero attached hydrogens (tertiary/aromatic N) is 2. The maximum absolute atomic E-state index is 12.5. The highest BCUT2D eigenvalue weighted by molar-refractivity contribution is 5.96. The number of hydrogen-bond donors (Lipinski definition) is 5. The van der Waals surface area contributed by atoms with Gasteiger partial charge < -0.3 is 25.6 Å². The summed E-state index contributed by atoms with van der Waals surface area (Å²) in [6.45, 7) is 2.71. The van der Waals surface area contributed by atoms with Crippen LogP contribution in [0.2, 0.25) is 0 Å². The van der Waals surface area contributed by atoms with Crippen LogP contribution in [0.15, 0.2) is 54.9 Å². The van der Waals surface area contributed by atoms with Gasteiger partial charge in [0.25, 0.3) is 5.91 Å². The Balaban J connectivity index is 1.40. The van der Waals surface area contributed by atoms with Crippen LogP contribution < -0.4 is 16.0 Å². The van der Waals surface area contributed by atoms with E-state index in [1.165, 1.54) is 0 Å². The second kappa shape index (κ2) is 11.8. The zero-order valence-electron chi connectivity index (χ0n) is 18.2. The number of amides is 1. The van der Waals surface area contributed by atoms with Crippen molar-refractivity contribution < 1.29 is 14.7 Å². The van der Waals surface area contributed by atoms with Gasteiger partial charge in [0.2, 0.25) is 0 Å². The number of carboxylic acids is 1. The van der Waals surface area contributed by atoms with Crippen LogP contribution in [-0.2, 0) is 31.5 Å². The molecular formula is C23H30N6O3. The van der Waals surface area contributed by atoms with Crippen molar-refractivity contribution in [3.8, 4) is 0 Å². The predicted molar refractivity (Wildman–Crippen MR) is 121 cm³/mol. The van der Waals surface area contributed by atoms with E-state index in [2.05, 4.69) is 26.1 Å². The molecule has 9 nitrogen and oxygen atoms in total. The number of rotatable bonds is 13. The lowest BCUT2D eigenvalue weighted by atomic mass is 10.1. The fourth-order valence-electron chi connectivity index (χ4n) is 3.33. The Kier molecular flexibility index (Phi) is 8.59. The molecule has 0 saturated carbocycles. The first-order chi connectivity index (χ1) is 15.5. The normalized spacial score (nSPS) is 11.9. The number of benzene rings is 1. The third-order valence-electron chi connectivity index (χ3n) is 5.23. The number of nitrogens with one attached hydrogen (secondary N) is 4. The summed E-state index contributed by atoms with van der Waals surface area (Å²) in [4.78, 5) is 24.1. The van der Waals surface area contributed by atoms with E-state index < -0.39 is 12.0 Å². The van der Waals surface area contributed by atoms with E-state index in [0.29, 0.717) is 38.0 Å². The molecule has 9 heteroatoms. The summed E-state index contributed by atoms with van der Waals surface area (Å²) in [6, 6.07) is 12.1. The lowest BCUT2D eigenvalue weighted by molar-refractivity contribution is -0.139. The Morgan fingerprint density at radius 2 is 1.91 bits per heavy atom. The van der Waals surface area contributed by atoms with Gasteiger partial charge in [-0.2, -0.15) is 5.10 Å². The number of carbonyl (C=O) groups excluding carboxylic acids is 1. The Morgan fingerprint density at radius 1 is 1.09 bits per heavy atom. The largest absolute Gasteiger partial charge is 0.480 e. The topological polar surface area (TPSA) is 124 Å². The zero-order chi connectivity index (χ0) is 22.8. The van der Waals surface area contributed by atoms with Gasteiger partial charge in [0.1, 0.15) is 6.04 Å². The molecule has 1 amide bonds. The molecule has 1 aromatic carbocycles. The first-order valence-corrected chi connectivity index (χ1v) is 10.7. The molecule has 2 heterocycles. The lowest BCUT2D eigenvalue weighted by Crippen LogP contribution is -2.41. The number of aromatic amines is 1. The molecule has 0 spiro atoms. The average molecular weight is 439 g/mol. The first kappa shape index (κ1) is 23.2. The van der Waals surface area contributed by atoms with E-state index in [4.69, 9.17) is 0 Å². The van der Waals surface area contributed by atoms with Gasteiger partial charge in [-0.3, -0.25) is 9.89 Å². The molecule has 3 aromatic rings. The number of carboxylic acid groups (broad SMARTS) is 1. The van der Waals surface area contributed by atoms with Gasteiger partial charge in [-0.1, -0.05) is 12.1 Å². The molecule has 32 heavy (non-hydrogen) atoms. The van der Waals surface area contributed by atoms with Gasteiger partial charge in [0.05, 0.1) is 0 Å². The fraction of sp³-hybridized carbons (Fsp3) is 0.348. The smallest absolute Gasteiger partial charge is 0.326 e. The summed E-state index contributed by atoms with van der Waals surface area (Å²) < 4.78 is 2.04. The number of H-pyrrole nitrogens is 1. The molecule has 5 N–H and O–H groups in total. The number of aromatic nitrogens is 3. The van der Waals surface area contributed by atoms with Crippen LogP contribution in [0.3, 0.4) is 0 Å². The third kappa shape index (κ3) is 7.07. The lowest BCUT2D eigenvalue weighted by Gasteiger charge is -2.15. The standard InChI is InChI=1S/C23H30N6O3/c1-29-13-3-4-20(29)16-24-11-2-5-21(23(31)32)27-22(30)18-8-6-17(7-9-18)14-25-15-19-10-12-26-28-19/h3-4,6-10,12-13,21,24-25H,2,5,11,14-16H2,1H3,(H,26,28)(H,27,30)(H,31,32). The highest BCUT2D eigenvalue weighted by Gasteiger charge is 2.20. The van der Waals surface area contributed by atoms with Crippen LogP contribution in [0.1, 0.15) is 40.2 Å². The molecule has 3 rings (SSSR count). The summed E-state index contributed by atoms with van der Waals surface area (Å²) in [7, 11) is 1.98. The van der Waals surface area contributed by atoms with Crippen molar-refractivity contribution in [3.63, 3.8) is 0 Å². The molecule has 170 valence electrons. The van der Waals surface area contributed by atoms with Crippen molar-refractivity contribution in [1.29, 1.82) is 0 Å². The van der Waals surface area contributed by atoms with Crippen molar-refractivity contribution in [1.82, 2.24) is 30.7 Å². The molecule has 0 bridgehead atoms. The van der Waals surface area contributed by atoms with Gasteiger partial charge >= 0.3 is 5.97 Å². The van der Waals surface area contributed by atoms with Crippen LogP contribution in [0.25, 0.3) is 0 Å². The highest BCUT2D eigenvalue weighted by Crippen LogP contribution is 2.07. The number of aliphatic carboxylic acids is 1. The SMILES string of the molecule is Cn1cccc1CNCCCC(NC(=O)c1ccc(CNCc2ccn[nH]2)cc1)C(=O)O. The Labute approximate surface area is 187 Å². The van der Waals surface area contributed by atoms with E-state index in [1.54, 1.807) is 18.3 Å². The van der Waals surface area contributed by atoms with Gasteiger partial charge in [0, 0.05) is 56.0 Å². The quantitative estimate of drug-likeness (QED) is 0.259. The van der Waals surface area contributed by atoms with Crippen LogP contribution >= 0.6 is 0 Å². The first-order valence-electron chi connectivity index (χ1n) is 10.7. The van der Waals surface area contributed by atoms with Crippen molar-refractivity contribution >= 4 is 11.9 Å². The minimum Gasteiger partial charge on any atom is -0.480 e. The van der Waals surface area contributed by atoms with Gasteiger partial charge in [0.15, 0.2) is 0 Å². The van der Waals surface area contributed by atoms with E-state index in [9.17, 15) is 14.7 Å². The Hall–Kier alpha value is -3.43. The minimum absolute atomic E-state index is 0.358. The molecular weight excluding hydrogens is 408 g/mol. The summed E-state index contributed by atoms with van der Waals surface area (Å²) in [5, 5.41) is 25.5. The maximum Gasteiger partial charge on any atom is 0.326 e. The third-order valence-corrected chi connectivity index (χ3v) is 5.23. The molecule has 0 aliphatic carbocycles. The second-order valence-corrected chi connectivity index (χ2v) is 7.68. The summed E-state index contributed by atoms with van der Waals surface area (Å²) >= 11 is 0. The number of aryl methyl sites for hydroxylation is 1. The molecule has 2 aromatic heterocycles. The molecule has 1 atom stereocenters. The van der Waals surface area contributed by atoms with Crippen molar-refractivity contribution in [2.24, 2.45) is 7.05 Å². The average Bonchev–Trinajstić information content (AvgIpc) is 3.45. The second-order valence-electron chi connectivity index (χ2n) is 7.68. The van der Waals surface area contributed by atoms with Crippen molar-refractivity contribution in [2.75, 3.05) is 6.54 Å². The molecule has 0 fully saturated rings. The van der Waals surface area contributed by atoms with Crippen LogP contribution in [0, 0.1) is 0 Å². The maximum atomic E-state index is 12.5. The van der Waals surface area contributed by atoms with Gasteiger partial charge in [-0.05, 0) is 55.3 Å². The predicted octanol–water partition coefficient (Wildman–Crippen LogP) is 1.79. The van der Waals surface area contributed by atoms with Gasteiger partial charge in [-0.15, -0.1) is 0 Å². The van der Waals surface area contributed by atoms with E-state index >= 15 is 0 Å².